The highest BCUT2D eigenvalue weighted by Crippen LogP contribution is 2.39. The van der Waals surface area contributed by atoms with Crippen molar-refractivity contribution in [3.05, 3.63) is 66.1 Å². The number of likely N-dealkylation sites (tertiary alicyclic amines) is 1. The molecular formula is C31H36N8O2. The molecule has 1 saturated heterocycles. The Morgan fingerprint density at radius 1 is 1.15 bits per heavy atom. The number of rotatable bonds is 8. The van der Waals surface area contributed by atoms with E-state index < -0.39 is 0 Å². The molecule has 5 aromatic rings. The molecule has 1 amide bonds. The lowest BCUT2D eigenvalue weighted by molar-refractivity contribution is 0.0708. The topological polar surface area (TPSA) is 122 Å². The van der Waals surface area contributed by atoms with Gasteiger partial charge in [0.25, 0.3) is 5.91 Å². The molecule has 10 heteroatoms. The largest absolute Gasteiger partial charge is 0.489 e. The van der Waals surface area contributed by atoms with Crippen LogP contribution in [0.4, 0.5) is 5.69 Å². The van der Waals surface area contributed by atoms with Gasteiger partial charge in [0, 0.05) is 49.0 Å². The summed E-state index contributed by atoms with van der Waals surface area (Å²) in [6.45, 7) is 5.46. The van der Waals surface area contributed by atoms with Crippen molar-refractivity contribution in [1.82, 2.24) is 28.9 Å². The second-order valence-corrected chi connectivity index (χ2v) is 11.5. The Morgan fingerprint density at radius 3 is 2.80 bits per heavy atom. The van der Waals surface area contributed by atoms with Crippen LogP contribution in [0.15, 0.2) is 55.0 Å². The lowest BCUT2D eigenvalue weighted by atomic mass is 10.1. The molecule has 212 valence electrons. The number of nitrogen functional groups attached to an aromatic ring is 1. The Kier molecular flexibility index (Phi) is 6.42. The first-order valence-electron chi connectivity index (χ1n) is 14.5. The van der Waals surface area contributed by atoms with E-state index in [9.17, 15) is 4.79 Å². The molecule has 2 fully saturated rings. The van der Waals surface area contributed by atoms with E-state index in [1.807, 2.05) is 46.1 Å². The number of amides is 1. The lowest BCUT2D eigenvalue weighted by Gasteiger charge is -2.30. The van der Waals surface area contributed by atoms with Crippen molar-refractivity contribution in [2.45, 2.75) is 51.7 Å². The van der Waals surface area contributed by atoms with Crippen LogP contribution in [0.25, 0.3) is 27.8 Å². The predicted molar refractivity (Wildman–Crippen MR) is 159 cm³/mol. The zero-order valence-electron chi connectivity index (χ0n) is 23.4. The molecule has 4 N–H and O–H groups in total. The molecule has 0 bridgehead atoms. The molecule has 1 atom stereocenters. The number of benzene rings is 1. The number of ether oxygens (including phenoxy) is 1. The van der Waals surface area contributed by atoms with Crippen LogP contribution in [0, 0.1) is 12.8 Å². The van der Waals surface area contributed by atoms with Crippen LogP contribution >= 0.6 is 0 Å². The van der Waals surface area contributed by atoms with Gasteiger partial charge in [0.1, 0.15) is 18.1 Å². The zero-order chi connectivity index (χ0) is 28.1. The number of piperidine rings is 1. The number of carbonyl (C=O) groups excluding carboxylic acids is 1. The minimum absolute atomic E-state index is 0.0131. The maximum atomic E-state index is 13.3. The number of nitrogens with zero attached hydrogens (tertiary/aromatic N) is 6. The lowest BCUT2D eigenvalue weighted by Crippen LogP contribution is -2.45. The van der Waals surface area contributed by atoms with E-state index in [0.717, 1.165) is 65.1 Å². The molecule has 2 aliphatic rings. The summed E-state index contributed by atoms with van der Waals surface area (Å²) >= 11 is 0. The number of pyridine rings is 1. The van der Waals surface area contributed by atoms with Gasteiger partial charge in [-0.1, -0.05) is 12.1 Å². The summed E-state index contributed by atoms with van der Waals surface area (Å²) in [6.07, 6.45) is 9.69. The molecule has 1 saturated carbocycles. The molecule has 5 heterocycles. The van der Waals surface area contributed by atoms with E-state index in [0.29, 0.717) is 36.9 Å². The number of aryl methyl sites for hydroxylation is 1. The Morgan fingerprint density at radius 2 is 2.02 bits per heavy atom. The fourth-order valence-electron chi connectivity index (χ4n) is 6.02. The molecule has 1 unspecified atom stereocenters. The molecule has 1 aliphatic heterocycles. The number of para-hydroxylation sites is 1. The normalized spacial score (nSPS) is 17.5. The van der Waals surface area contributed by atoms with E-state index in [4.69, 9.17) is 21.3 Å². The van der Waals surface area contributed by atoms with Gasteiger partial charge in [-0.05, 0) is 62.8 Å². The van der Waals surface area contributed by atoms with Crippen LogP contribution in [0.3, 0.4) is 0 Å². The van der Waals surface area contributed by atoms with Crippen molar-refractivity contribution in [3.8, 4) is 17.1 Å². The molecule has 1 aliphatic carbocycles. The average Bonchev–Trinajstić information content (AvgIpc) is 3.44. The highest BCUT2D eigenvalue weighted by atomic mass is 16.5. The fourth-order valence-corrected chi connectivity index (χ4v) is 6.02. The quantitative estimate of drug-likeness (QED) is 0.299. The van der Waals surface area contributed by atoms with Gasteiger partial charge in [0.05, 0.1) is 40.7 Å². The summed E-state index contributed by atoms with van der Waals surface area (Å²) in [5, 5.41) is 10.4. The smallest absolute Gasteiger partial charge is 0.255 e. The standard InChI is InChI=1S/C31H36N8O2/c1-20-26-10-9-23(31(40)36-11-3-5-24(32)18-36)17-39(26)35-29(20)27-14-22-4-2-6-28(30(22)38(27)16-21-7-8-21)41-13-12-37-19-25(33)15-34-37/h2,4,6,9-10,14-15,17,19,21,24H,3,5,7-8,11-13,16,18,32-33H2,1H3. The summed E-state index contributed by atoms with van der Waals surface area (Å²) in [5.41, 5.74) is 18.4. The minimum Gasteiger partial charge on any atom is -0.489 e. The molecule has 1 aromatic carbocycles. The Hall–Kier alpha value is -4.31. The van der Waals surface area contributed by atoms with E-state index in [2.05, 4.69) is 28.7 Å². The summed E-state index contributed by atoms with van der Waals surface area (Å²) < 4.78 is 12.4. The fraction of sp³-hybridized carbons (Fsp3) is 0.387. The summed E-state index contributed by atoms with van der Waals surface area (Å²) in [6, 6.07) is 12.4. The Labute approximate surface area is 238 Å². The first kappa shape index (κ1) is 25.6. The molecule has 0 spiro atoms. The third kappa shape index (κ3) is 4.93. The number of fused-ring (bicyclic) bond motifs is 2. The number of hydrogen-bond acceptors (Lipinski definition) is 6. The predicted octanol–water partition coefficient (Wildman–Crippen LogP) is 4.10. The monoisotopic (exact) mass is 552 g/mol. The minimum atomic E-state index is 0.0131. The number of anilines is 1. The Bertz CT molecular complexity index is 1740. The van der Waals surface area contributed by atoms with E-state index in [1.165, 1.54) is 12.8 Å². The number of aromatic nitrogens is 5. The second kappa shape index (κ2) is 10.3. The summed E-state index contributed by atoms with van der Waals surface area (Å²) in [4.78, 5) is 15.1. The van der Waals surface area contributed by atoms with Gasteiger partial charge in [-0.3, -0.25) is 9.48 Å². The van der Waals surface area contributed by atoms with Crippen LogP contribution in [0.2, 0.25) is 0 Å². The van der Waals surface area contributed by atoms with Gasteiger partial charge in [0.2, 0.25) is 0 Å². The molecule has 10 nitrogen and oxygen atoms in total. The maximum absolute atomic E-state index is 13.3. The highest BCUT2D eigenvalue weighted by molar-refractivity contribution is 5.95. The highest BCUT2D eigenvalue weighted by Gasteiger charge is 2.27. The summed E-state index contributed by atoms with van der Waals surface area (Å²) in [5.74, 6) is 1.52. The average molecular weight is 553 g/mol. The van der Waals surface area contributed by atoms with Gasteiger partial charge in [-0.25, -0.2) is 4.52 Å². The molecule has 41 heavy (non-hydrogen) atoms. The van der Waals surface area contributed by atoms with Gasteiger partial charge in [0.15, 0.2) is 0 Å². The van der Waals surface area contributed by atoms with Crippen LogP contribution in [-0.2, 0) is 13.1 Å². The Balaban J connectivity index is 1.24. The molecule has 7 rings (SSSR count). The van der Waals surface area contributed by atoms with E-state index >= 15 is 0 Å². The van der Waals surface area contributed by atoms with Crippen LogP contribution in [-0.4, -0.2) is 60.5 Å². The van der Waals surface area contributed by atoms with Crippen molar-refractivity contribution in [3.63, 3.8) is 0 Å². The van der Waals surface area contributed by atoms with Gasteiger partial charge >= 0.3 is 0 Å². The maximum Gasteiger partial charge on any atom is 0.255 e. The van der Waals surface area contributed by atoms with Crippen molar-refractivity contribution in [2.24, 2.45) is 11.7 Å². The third-order valence-electron chi connectivity index (χ3n) is 8.36. The first-order chi connectivity index (χ1) is 19.9. The van der Waals surface area contributed by atoms with Crippen molar-refractivity contribution in [1.29, 1.82) is 0 Å². The number of hydrogen-bond donors (Lipinski definition) is 2. The first-order valence-corrected chi connectivity index (χ1v) is 14.5. The van der Waals surface area contributed by atoms with E-state index in [-0.39, 0.29) is 11.9 Å². The number of nitrogens with two attached hydrogens (primary N) is 2. The van der Waals surface area contributed by atoms with Crippen molar-refractivity contribution < 1.29 is 9.53 Å². The van der Waals surface area contributed by atoms with Crippen LogP contribution < -0.4 is 16.2 Å². The van der Waals surface area contributed by atoms with Crippen LogP contribution in [0.1, 0.15) is 41.6 Å². The molecular weight excluding hydrogens is 516 g/mol. The zero-order valence-corrected chi connectivity index (χ0v) is 23.4. The van der Waals surface area contributed by atoms with E-state index in [1.54, 1.807) is 10.9 Å². The molecule has 0 radical (unpaired) electrons. The van der Waals surface area contributed by atoms with Crippen molar-refractivity contribution in [2.75, 3.05) is 25.4 Å². The van der Waals surface area contributed by atoms with Crippen LogP contribution in [0.5, 0.6) is 5.75 Å². The van der Waals surface area contributed by atoms with Gasteiger partial charge in [-0.2, -0.15) is 10.2 Å². The number of carbonyl (C=O) groups is 1. The van der Waals surface area contributed by atoms with Gasteiger partial charge < -0.3 is 25.7 Å². The van der Waals surface area contributed by atoms with Gasteiger partial charge in [-0.15, -0.1) is 0 Å². The SMILES string of the molecule is Cc1c(-c2cc3cccc(OCCn4cc(N)cn4)c3n2CC2CC2)nn2cc(C(=O)N3CCCC(N)C3)ccc12. The summed E-state index contributed by atoms with van der Waals surface area (Å²) in [7, 11) is 0. The van der Waals surface area contributed by atoms with Crippen molar-refractivity contribution >= 4 is 28.0 Å². The third-order valence-corrected chi connectivity index (χ3v) is 8.36. The second-order valence-electron chi connectivity index (χ2n) is 11.5. The molecule has 4 aromatic heterocycles.